The highest BCUT2D eigenvalue weighted by molar-refractivity contribution is 7.98. The lowest BCUT2D eigenvalue weighted by Gasteiger charge is -2.15. The lowest BCUT2D eigenvalue weighted by Crippen LogP contribution is -2.17. The molecule has 0 N–H and O–H groups in total. The molecule has 20 heavy (non-hydrogen) atoms. The van der Waals surface area contributed by atoms with Gasteiger partial charge in [0.15, 0.2) is 6.61 Å². The summed E-state index contributed by atoms with van der Waals surface area (Å²) in [6, 6.07) is 12.2. The molecule has 0 saturated heterocycles. The zero-order valence-electron chi connectivity index (χ0n) is 10.9. The fourth-order valence-electron chi connectivity index (χ4n) is 1.84. The monoisotopic (exact) mass is 286 g/mol. The van der Waals surface area contributed by atoms with Gasteiger partial charge in [0.05, 0.1) is 5.56 Å². The number of benzene rings is 1. The molecule has 1 aromatic heterocycles. The second kappa shape index (κ2) is 6.43. The van der Waals surface area contributed by atoms with Gasteiger partial charge in [0, 0.05) is 23.0 Å². The molecule has 0 bridgehead atoms. The van der Waals surface area contributed by atoms with E-state index in [0.29, 0.717) is 19.1 Å². The van der Waals surface area contributed by atoms with E-state index in [1.165, 1.54) is 5.56 Å². The molecular formula is C15H14N2O2S. The van der Waals surface area contributed by atoms with Crippen LogP contribution in [-0.2, 0) is 15.3 Å². The summed E-state index contributed by atoms with van der Waals surface area (Å²) in [5.41, 5.74) is 2.20. The molecule has 0 unspecified atom stereocenters. The molecule has 0 atom stereocenters. The van der Waals surface area contributed by atoms with Crippen molar-refractivity contribution >= 4 is 17.7 Å². The Hall–Kier alpha value is -2.01. The average molecular weight is 286 g/mol. The fourth-order valence-corrected chi connectivity index (χ4v) is 2.80. The van der Waals surface area contributed by atoms with Crippen LogP contribution in [0.2, 0.25) is 0 Å². The third kappa shape index (κ3) is 3.11. The van der Waals surface area contributed by atoms with E-state index in [9.17, 15) is 0 Å². The van der Waals surface area contributed by atoms with Gasteiger partial charge in [-0.1, -0.05) is 30.3 Å². The highest BCUT2D eigenvalue weighted by atomic mass is 32.2. The van der Waals surface area contributed by atoms with Crippen molar-refractivity contribution < 1.29 is 9.57 Å². The number of hydrogen-bond donors (Lipinski definition) is 0. The number of aromatic nitrogens is 1. The van der Waals surface area contributed by atoms with Crippen molar-refractivity contribution in [2.24, 2.45) is 5.16 Å². The maximum Gasteiger partial charge on any atom is 0.258 e. The normalized spacial score (nSPS) is 14.1. The summed E-state index contributed by atoms with van der Waals surface area (Å²) in [5.74, 6) is 1.42. The summed E-state index contributed by atoms with van der Waals surface area (Å²) in [6.07, 6.45) is 3.58. The van der Waals surface area contributed by atoms with E-state index in [1.54, 1.807) is 18.0 Å². The molecule has 2 heterocycles. The van der Waals surface area contributed by atoms with Crippen LogP contribution in [0, 0.1) is 0 Å². The molecule has 0 fully saturated rings. The Morgan fingerprint density at radius 1 is 1.10 bits per heavy atom. The Bertz CT molecular complexity index is 602. The summed E-state index contributed by atoms with van der Waals surface area (Å²) >= 11 is 1.71. The van der Waals surface area contributed by atoms with Crippen LogP contribution in [0.25, 0.3) is 0 Å². The van der Waals surface area contributed by atoms with Crippen LogP contribution in [0.4, 0.5) is 0 Å². The maximum atomic E-state index is 5.54. The molecule has 2 aromatic rings. The van der Waals surface area contributed by atoms with Crippen LogP contribution in [0.3, 0.4) is 0 Å². The predicted molar refractivity (Wildman–Crippen MR) is 78.7 cm³/mol. The Balaban J connectivity index is 1.78. The van der Waals surface area contributed by atoms with Gasteiger partial charge in [0.2, 0.25) is 0 Å². The number of pyridine rings is 1. The van der Waals surface area contributed by atoms with Crippen molar-refractivity contribution in [1.29, 1.82) is 0 Å². The fraction of sp³-hybridized carbons (Fsp3) is 0.200. The van der Waals surface area contributed by atoms with Crippen molar-refractivity contribution in [3.05, 3.63) is 59.9 Å². The van der Waals surface area contributed by atoms with Crippen LogP contribution in [0.15, 0.2) is 58.8 Å². The van der Waals surface area contributed by atoms with E-state index < -0.39 is 0 Å². The van der Waals surface area contributed by atoms with Crippen molar-refractivity contribution in [3.8, 4) is 0 Å². The molecule has 4 nitrogen and oxygen atoms in total. The molecule has 5 heteroatoms. The molecule has 0 spiro atoms. The van der Waals surface area contributed by atoms with Gasteiger partial charge in [-0.15, -0.1) is 11.8 Å². The van der Waals surface area contributed by atoms with Gasteiger partial charge in [-0.2, -0.15) is 0 Å². The molecule has 1 aromatic carbocycles. The first-order chi connectivity index (χ1) is 9.93. The maximum absolute atomic E-state index is 5.54. The van der Waals surface area contributed by atoms with Crippen LogP contribution in [-0.4, -0.2) is 24.1 Å². The summed E-state index contributed by atoms with van der Waals surface area (Å²) in [4.78, 5) is 10.3. The SMILES string of the molecule is c1ccc(CSc2cnccc2C2=NOCCO2)cc1. The zero-order valence-corrected chi connectivity index (χ0v) is 11.7. The predicted octanol–water partition coefficient (Wildman–Crippen LogP) is 3.08. The van der Waals surface area contributed by atoms with Gasteiger partial charge in [0.25, 0.3) is 5.90 Å². The molecule has 1 aliphatic heterocycles. The third-order valence-corrected chi connectivity index (χ3v) is 3.93. The number of oxime groups is 1. The minimum absolute atomic E-state index is 0.501. The molecule has 0 radical (unpaired) electrons. The number of hydrogen-bond acceptors (Lipinski definition) is 5. The van der Waals surface area contributed by atoms with E-state index >= 15 is 0 Å². The Labute approximate surface area is 121 Å². The molecule has 1 aliphatic rings. The van der Waals surface area contributed by atoms with Gasteiger partial charge < -0.3 is 9.57 Å². The second-order valence-corrected chi connectivity index (χ2v) is 5.24. The quantitative estimate of drug-likeness (QED) is 0.810. The molecule has 0 aliphatic carbocycles. The minimum Gasteiger partial charge on any atom is -0.471 e. The molecule has 0 saturated carbocycles. The van der Waals surface area contributed by atoms with Crippen molar-refractivity contribution in [2.75, 3.05) is 13.2 Å². The van der Waals surface area contributed by atoms with Crippen LogP contribution < -0.4 is 0 Å². The van der Waals surface area contributed by atoms with Gasteiger partial charge in [0.1, 0.15) is 6.61 Å². The van der Waals surface area contributed by atoms with Gasteiger partial charge in [-0.3, -0.25) is 4.98 Å². The van der Waals surface area contributed by atoms with E-state index in [1.807, 2.05) is 30.5 Å². The van der Waals surface area contributed by atoms with E-state index in [0.717, 1.165) is 16.2 Å². The average Bonchev–Trinajstić information content (AvgIpc) is 2.55. The first-order valence-electron chi connectivity index (χ1n) is 6.37. The number of nitrogens with zero attached hydrogens (tertiary/aromatic N) is 2. The van der Waals surface area contributed by atoms with Gasteiger partial charge in [-0.05, 0) is 16.8 Å². The summed E-state index contributed by atoms with van der Waals surface area (Å²) < 4.78 is 5.54. The van der Waals surface area contributed by atoms with Crippen molar-refractivity contribution in [2.45, 2.75) is 10.6 Å². The standard InChI is InChI=1S/C15H14N2O2S/c1-2-4-12(5-3-1)11-20-14-10-16-7-6-13(14)15-17-19-9-8-18-15/h1-7,10H,8-9,11H2. The number of rotatable bonds is 4. The highest BCUT2D eigenvalue weighted by Gasteiger charge is 2.15. The zero-order chi connectivity index (χ0) is 13.6. The van der Waals surface area contributed by atoms with Gasteiger partial charge >= 0.3 is 0 Å². The van der Waals surface area contributed by atoms with E-state index in [2.05, 4.69) is 22.3 Å². The molecule has 0 amide bonds. The summed E-state index contributed by atoms with van der Waals surface area (Å²) in [7, 11) is 0. The first kappa shape index (κ1) is 13.0. The molecule has 102 valence electrons. The number of ether oxygens (including phenoxy) is 1. The largest absolute Gasteiger partial charge is 0.471 e. The topological polar surface area (TPSA) is 43.7 Å². The highest BCUT2D eigenvalue weighted by Crippen LogP contribution is 2.26. The smallest absolute Gasteiger partial charge is 0.258 e. The third-order valence-electron chi connectivity index (χ3n) is 2.81. The van der Waals surface area contributed by atoms with Crippen LogP contribution in [0.1, 0.15) is 11.1 Å². The van der Waals surface area contributed by atoms with E-state index in [-0.39, 0.29) is 0 Å². The minimum atomic E-state index is 0.501. The lowest BCUT2D eigenvalue weighted by atomic mass is 10.2. The second-order valence-electron chi connectivity index (χ2n) is 4.22. The lowest BCUT2D eigenvalue weighted by molar-refractivity contribution is 0.0653. The molecular weight excluding hydrogens is 272 g/mol. The Morgan fingerprint density at radius 2 is 2.00 bits per heavy atom. The van der Waals surface area contributed by atoms with Crippen molar-refractivity contribution in [3.63, 3.8) is 0 Å². The summed E-state index contributed by atoms with van der Waals surface area (Å²) in [6.45, 7) is 1.03. The first-order valence-corrected chi connectivity index (χ1v) is 7.36. The van der Waals surface area contributed by atoms with E-state index in [4.69, 9.17) is 9.57 Å². The van der Waals surface area contributed by atoms with Crippen molar-refractivity contribution in [1.82, 2.24) is 4.98 Å². The molecule has 3 rings (SSSR count). The number of thioether (sulfide) groups is 1. The summed E-state index contributed by atoms with van der Waals surface area (Å²) in [5, 5.41) is 3.97. The Morgan fingerprint density at radius 3 is 2.80 bits per heavy atom. The Kier molecular flexibility index (Phi) is 4.18. The van der Waals surface area contributed by atoms with Crippen LogP contribution >= 0.6 is 11.8 Å². The van der Waals surface area contributed by atoms with Gasteiger partial charge in [-0.25, -0.2) is 0 Å². The van der Waals surface area contributed by atoms with Crippen LogP contribution in [0.5, 0.6) is 0 Å².